The summed E-state index contributed by atoms with van der Waals surface area (Å²) >= 11 is 1.65. The van der Waals surface area contributed by atoms with Gasteiger partial charge in [0.2, 0.25) is 5.16 Å². The molecule has 184 valence electrons. The lowest BCUT2D eigenvalue weighted by Gasteiger charge is -2.20. The van der Waals surface area contributed by atoms with Crippen LogP contribution in [0.2, 0.25) is 0 Å². The van der Waals surface area contributed by atoms with Crippen molar-refractivity contribution in [3.8, 4) is 5.75 Å². The third-order valence-corrected chi connectivity index (χ3v) is 8.93. The van der Waals surface area contributed by atoms with Gasteiger partial charge in [-0.2, -0.15) is 8.42 Å². The van der Waals surface area contributed by atoms with E-state index in [4.69, 9.17) is 14.2 Å². The van der Waals surface area contributed by atoms with Gasteiger partial charge in [-0.15, -0.1) is 0 Å². The van der Waals surface area contributed by atoms with Crippen LogP contribution in [0, 0.1) is 0 Å². The van der Waals surface area contributed by atoms with Gasteiger partial charge in [0.05, 0.1) is 41.4 Å². The number of aryl methyl sites for hydroxylation is 1. The van der Waals surface area contributed by atoms with Crippen LogP contribution in [-0.2, 0) is 26.5 Å². The number of H-pyrrole nitrogens is 1. The van der Waals surface area contributed by atoms with Crippen molar-refractivity contribution >= 4 is 43.4 Å². The first-order valence-electron chi connectivity index (χ1n) is 10.7. The number of thioether (sulfide) groups is 1. The number of imidazole rings is 1. The summed E-state index contributed by atoms with van der Waals surface area (Å²) in [6.45, 7) is 3.45. The molecule has 10 nitrogen and oxygen atoms in total. The fourth-order valence-corrected chi connectivity index (χ4v) is 6.07. The minimum Gasteiger partial charge on any atom is -0.491 e. The Morgan fingerprint density at radius 1 is 1.29 bits per heavy atom. The maximum absolute atomic E-state index is 13.4. The van der Waals surface area contributed by atoms with Gasteiger partial charge in [-0.3, -0.25) is 9.30 Å². The summed E-state index contributed by atoms with van der Waals surface area (Å²) < 4.78 is 45.8. The highest BCUT2D eigenvalue weighted by Gasteiger charge is 2.30. The molecule has 0 saturated carbocycles. The first kappa shape index (κ1) is 24.6. The molecule has 12 heteroatoms. The van der Waals surface area contributed by atoms with Gasteiger partial charge in [0.25, 0.3) is 10.0 Å². The molecule has 34 heavy (non-hydrogen) atoms. The van der Waals surface area contributed by atoms with E-state index < -0.39 is 10.0 Å². The summed E-state index contributed by atoms with van der Waals surface area (Å²) in [4.78, 5) is 12.1. The molecule has 0 spiro atoms. The monoisotopic (exact) mass is 507 g/mol. The van der Waals surface area contributed by atoms with Crippen LogP contribution in [0.5, 0.6) is 5.75 Å². The van der Waals surface area contributed by atoms with Crippen molar-refractivity contribution in [1.29, 1.82) is 0 Å². The standard InChI is InChI=1S/C22H29N5O5S2/c1-14(31-5)19-13-24-21(33-19)17-11-15-10-16(32-9-8-30-4)12-18(20(15)25-17)27(3)34(28,29)22-23-6-7-26(22)2/h6-7,10-12,14,19,25H,8-9,13H2,1-5H3. The quantitative estimate of drug-likeness (QED) is 0.420. The third kappa shape index (κ3) is 4.67. The second kappa shape index (κ2) is 9.98. The Balaban J connectivity index is 1.75. The van der Waals surface area contributed by atoms with Crippen LogP contribution >= 0.6 is 11.8 Å². The lowest BCUT2D eigenvalue weighted by Crippen LogP contribution is -2.29. The Morgan fingerprint density at radius 3 is 2.76 bits per heavy atom. The molecule has 1 aliphatic heterocycles. The SMILES string of the molecule is COCCOc1cc(N(C)S(=O)(=O)c2nccn2C)c2[nH]c(C3=NCC(C(C)OC)S3)cc2c1. The minimum absolute atomic E-state index is 0.0484. The summed E-state index contributed by atoms with van der Waals surface area (Å²) in [7, 11) is 2.54. The Hall–Kier alpha value is -2.54. The number of ether oxygens (including phenoxy) is 3. The number of aromatic nitrogens is 3. The average molecular weight is 508 g/mol. The van der Waals surface area contributed by atoms with E-state index in [1.807, 2.05) is 19.1 Å². The second-order valence-corrected chi connectivity index (χ2v) is 11.1. The number of sulfonamides is 1. The average Bonchev–Trinajstić information content (AvgIpc) is 3.56. The number of hydrogen-bond acceptors (Lipinski definition) is 8. The lowest BCUT2D eigenvalue weighted by atomic mass is 10.2. The highest BCUT2D eigenvalue weighted by Crippen LogP contribution is 2.36. The van der Waals surface area contributed by atoms with Crippen molar-refractivity contribution in [3.05, 3.63) is 36.3 Å². The summed E-state index contributed by atoms with van der Waals surface area (Å²) in [5.74, 6) is 0.541. The molecule has 3 heterocycles. The van der Waals surface area contributed by atoms with E-state index in [0.717, 1.165) is 16.1 Å². The second-order valence-electron chi connectivity index (χ2n) is 7.97. The zero-order chi connectivity index (χ0) is 24.5. The van der Waals surface area contributed by atoms with Crippen LogP contribution in [0.3, 0.4) is 0 Å². The van der Waals surface area contributed by atoms with E-state index in [1.54, 1.807) is 45.3 Å². The van der Waals surface area contributed by atoms with Crippen molar-refractivity contribution in [2.45, 2.75) is 23.4 Å². The molecule has 3 aromatic rings. The Morgan fingerprint density at radius 2 is 2.09 bits per heavy atom. The van der Waals surface area contributed by atoms with Crippen molar-refractivity contribution in [3.63, 3.8) is 0 Å². The van der Waals surface area contributed by atoms with E-state index in [-0.39, 0.29) is 16.5 Å². The molecular weight excluding hydrogens is 478 g/mol. The van der Waals surface area contributed by atoms with Gasteiger partial charge in [-0.1, -0.05) is 11.8 Å². The van der Waals surface area contributed by atoms with Gasteiger partial charge < -0.3 is 23.8 Å². The fraction of sp³-hybridized carbons (Fsp3) is 0.455. The molecule has 0 radical (unpaired) electrons. The molecule has 1 aromatic carbocycles. The molecule has 2 atom stereocenters. The fourth-order valence-electron chi connectivity index (χ4n) is 3.68. The number of benzene rings is 1. The predicted octanol–water partition coefficient (Wildman–Crippen LogP) is 2.65. The number of nitrogens with zero attached hydrogens (tertiary/aromatic N) is 4. The molecule has 1 aliphatic rings. The Bertz CT molecular complexity index is 1300. The van der Waals surface area contributed by atoms with Crippen molar-refractivity contribution in [2.24, 2.45) is 12.0 Å². The van der Waals surface area contributed by atoms with Gasteiger partial charge >= 0.3 is 0 Å². The van der Waals surface area contributed by atoms with Crippen LogP contribution < -0.4 is 9.04 Å². The molecule has 4 rings (SSSR count). The predicted molar refractivity (Wildman–Crippen MR) is 134 cm³/mol. The van der Waals surface area contributed by atoms with Gasteiger partial charge in [-0.25, -0.2) is 4.98 Å². The van der Waals surface area contributed by atoms with Crippen LogP contribution in [0.25, 0.3) is 10.9 Å². The first-order chi connectivity index (χ1) is 16.3. The van der Waals surface area contributed by atoms with Gasteiger partial charge in [0.15, 0.2) is 0 Å². The zero-order valence-corrected chi connectivity index (χ0v) is 21.4. The van der Waals surface area contributed by atoms with Crippen LogP contribution in [-0.4, -0.2) is 80.4 Å². The summed E-state index contributed by atoms with van der Waals surface area (Å²) in [6, 6.07) is 5.55. The van der Waals surface area contributed by atoms with Gasteiger partial charge in [-0.05, 0) is 19.1 Å². The van der Waals surface area contributed by atoms with Crippen molar-refractivity contribution in [2.75, 3.05) is 45.3 Å². The van der Waals surface area contributed by atoms with Crippen LogP contribution in [0.1, 0.15) is 12.6 Å². The lowest BCUT2D eigenvalue weighted by molar-refractivity contribution is 0.118. The van der Waals surface area contributed by atoms with E-state index in [2.05, 4.69) is 15.0 Å². The maximum atomic E-state index is 13.4. The van der Waals surface area contributed by atoms with Gasteiger partial charge in [0.1, 0.15) is 17.4 Å². The molecular formula is C22H29N5O5S2. The molecule has 0 fully saturated rings. The van der Waals surface area contributed by atoms with Crippen molar-refractivity contribution in [1.82, 2.24) is 14.5 Å². The summed E-state index contributed by atoms with van der Waals surface area (Å²) in [5, 5.41) is 1.86. The van der Waals surface area contributed by atoms with Crippen LogP contribution in [0.4, 0.5) is 5.69 Å². The van der Waals surface area contributed by atoms with E-state index in [0.29, 0.717) is 36.7 Å². The number of aliphatic imine (C=N–C) groups is 1. The topological polar surface area (TPSA) is 111 Å². The molecule has 0 aliphatic carbocycles. The van der Waals surface area contributed by atoms with Gasteiger partial charge in [0, 0.05) is 52.2 Å². The highest BCUT2D eigenvalue weighted by atomic mass is 32.2. The minimum atomic E-state index is -3.91. The number of anilines is 1. The van der Waals surface area contributed by atoms with E-state index in [9.17, 15) is 8.42 Å². The molecule has 2 aromatic heterocycles. The summed E-state index contributed by atoms with van der Waals surface area (Å²) in [5.41, 5.74) is 1.94. The number of hydrogen-bond donors (Lipinski definition) is 1. The number of methoxy groups -OCH3 is 2. The molecule has 0 amide bonds. The van der Waals surface area contributed by atoms with Crippen molar-refractivity contribution < 1.29 is 22.6 Å². The Labute approximate surface area is 203 Å². The number of aromatic amines is 1. The Kier molecular flexibility index (Phi) is 7.22. The summed E-state index contributed by atoms with van der Waals surface area (Å²) in [6.07, 6.45) is 3.13. The highest BCUT2D eigenvalue weighted by molar-refractivity contribution is 8.15. The molecule has 1 N–H and O–H groups in total. The first-order valence-corrected chi connectivity index (χ1v) is 13.1. The molecule has 0 bridgehead atoms. The normalized spacial score (nSPS) is 17.2. The van der Waals surface area contributed by atoms with E-state index in [1.165, 1.54) is 22.1 Å². The van der Waals surface area contributed by atoms with Crippen LogP contribution in [0.15, 0.2) is 40.7 Å². The number of rotatable bonds is 10. The smallest absolute Gasteiger partial charge is 0.298 e. The molecule has 0 saturated heterocycles. The third-order valence-electron chi connectivity index (χ3n) is 5.75. The maximum Gasteiger partial charge on any atom is 0.298 e. The molecule has 2 unspecified atom stereocenters. The zero-order valence-electron chi connectivity index (χ0n) is 19.8. The number of fused-ring (bicyclic) bond motifs is 1. The number of nitrogens with one attached hydrogen (secondary N) is 1. The van der Waals surface area contributed by atoms with E-state index >= 15 is 0 Å². The largest absolute Gasteiger partial charge is 0.491 e.